The van der Waals surface area contributed by atoms with Crippen LogP contribution in [0.2, 0.25) is 0 Å². The molecular weight excluding hydrogens is 651 g/mol. The molecular formula is C42H49MnN2O4+. The molecule has 1 aliphatic heterocycles. The van der Waals surface area contributed by atoms with Crippen molar-refractivity contribution in [3.63, 3.8) is 0 Å². The van der Waals surface area contributed by atoms with Gasteiger partial charge in [0.15, 0.2) is 0 Å². The average molecular weight is 701 g/mol. The van der Waals surface area contributed by atoms with E-state index in [9.17, 15) is 10.2 Å². The molecule has 4 aromatic rings. The molecule has 1 saturated carbocycles. The molecule has 1 aliphatic carbocycles. The monoisotopic (exact) mass is 700 g/mol. The summed E-state index contributed by atoms with van der Waals surface area (Å²) < 4.78 is 4.92. The number of carboxylic acid groups (broad SMARTS) is 1. The number of aryl methyl sites for hydroxylation is 2. The summed E-state index contributed by atoms with van der Waals surface area (Å²) in [7, 11) is 0. The van der Waals surface area contributed by atoms with Crippen LogP contribution in [0.15, 0.2) is 84.9 Å². The molecule has 2 N–H and O–H groups in total. The number of rotatable bonds is 6. The van der Waals surface area contributed by atoms with Crippen molar-refractivity contribution in [2.24, 2.45) is 0 Å². The molecule has 1 heterocycles. The number of carbonyl (C=O) groups is 1. The van der Waals surface area contributed by atoms with Crippen LogP contribution in [-0.2, 0) is 31.0 Å². The predicted octanol–water partition coefficient (Wildman–Crippen LogP) is 6.92. The number of hydrogen-bond acceptors (Lipinski definition) is 4. The van der Waals surface area contributed by atoms with E-state index >= 15 is 0 Å². The fraction of sp³-hybridized carbons (Fsp3) is 0.357. The Hall–Kier alpha value is -4.19. The molecule has 257 valence electrons. The van der Waals surface area contributed by atoms with Crippen molar-refractivity contribution >= 4 is 18.4 Å². The number of carbonyl (C=O) groups excluding carboxylic acids is 1. The molecule has 6 rings (SSSR count). The van der Waals surface area contributed by atoms with Gasteiger partial charge in [0.2, 0.25) is 0 Å². The summed E-state index contributed by atoms with van der Waals surface area (Å²) >= 11 is 0.348. The molecule has 2 aliphatic rings. The van der Waals surface area contributed by atoms with Gasteiger partial charge in [0.1, 0.15) is 0 Å². The zero-order chi connectivity index (χ0) is 35.5. The molecule has 0 bridgehead atoms. The summed E-state index contributed by atoms with van der Waals surface area (Å²) in [6, 6.07) is 30.1. The third-order valence-corrected chi connectivity index (χ3v) is 11.6. The van der Waals surface area contributed by atoms with Gasteiger partial charge in [-0.05, 0) is 6.92 Å². The summed E-state index contributed by atoms with van der Waals surface area (Å²) in [6.07, 6.45) is 9.07. The molecule has 2 unspecified atom stereocenters. The normalized spacial score (nSPS) is 19.3. The molecule has 1 saturated heterocycles. The molecule has 49 heavy (non-hydrogen) atoms. The zero-order valence-electron chi connectivity index (χ0n) is 29.7. The number of phenolic OH excluding ortho intramolecular Hbond substituents is 2. The number of aliphatic carboxylic acids is 1. The Labute approximate surface area is 298 Å². The van der Waals surface area contributed by atoms with Gasteiger partial charge in [0, 0.05) is 5.97 Å². The van der Waals surface area contributed by atoms with E-state index in [-0.39, 0.29) is 10.8 Å². The average Bonchev–Trinajstić information content (AvgIpc) is 3.41. The van der Waals surface area contributed by atoms with Gasteiger partial charge < -0.3 is 9.90 Å². The fourth-order valence-corrected chi connectivity index (χ4v) is 9.01. The van der Waals surface area contributed by atoms with E-state index in [1.165, 1.54) is 24.0 Å². The van der Waals surface area contributed by atoms with Crippen molar-refractivity contribution < 1.29 is 42.7 Å². The Morgan fingerprint density at radius 3 is 1.41 bits per heavy atom. The van der Waals surface area contributed by atoms with Crippen molar-refractivity contribution in [2.75, 3.05) is 0 Å². The van der Waals surface area contributed by atoms with E-state index in [1.54, 1.807) is 0 Å². The second kappa shape index (κ2) is 14.7. The Bertz CT molecular complexity index is 1750. The molecule has 7 heteroatoms. The summed E-state index contributed by atoms with van der Waals surface area (Å²) in [4.78, 5) is 8.89. The van der Waals surface area contributed by atoms with Crippen molar-refractivity contribution in [3.05, 3.63) is 129 Å². The Morgan fingerprint density at radius 1 is 0.714 bits per heavy atom. The molecule has 0 amide bonds. The number of aromatic hydroxyl groups is 2. The van der Waals surface area contributed by atoms with Crippen LogP contribution in [-0.4, -0.2) is 47.9 Å². The molecule has 6 nitrogen and oxygen atoms in total. The van der Waals surface area contributed by atoms with Crippen LogP contribution in [0.25, 0.3) is 0 Å². The third-order valence-electron chi connectivity index (χ3n) is 9.93. The summed E-state index contributed by atoms with van der Waals surface area (Å²) in [6.45, 7) is 14.0. The second-order valence-corrected chi connectivity index (χ2v) is 15.9. The Balaban J connectivity index is 0.00000111. The van der Waals surface area contributed by atoms with Crippen LogP contribution in [0.3, 0.4) is 0 Å². The fourth-order valence-electron chi connectivity index (χ4n) is 7.16. The van der Waals surface area contributed by atoms with E-state index in [2.05, 4.69) is 134 Å². The summed E-state index contributed by atoms with van der Waals surface area (Å²) in [5, 5.41) is 32.3. The summed E-state index contributed by atoms with van der Waals surface area (Å²) in [5.74, 6) is -0.363. The number of benzene rings is 4. The standard InChI is InChI=1S/C40H46N2O2.C2H4O2.Mn/c1-27-21-29(37(43)33(23-27)39(3,4)31-15-9-7-10-16-31)25-41-35-19-13-14-20-36(35)42-26-30-22-28(2)24-34(38(30)44)40(5,6)32-17-11-8-12-18-32;1-2(3)4;/h7-12,15-18,21-26,35-36,43-44H,13-14,19-20H2,1-6H3;1H3,(H,3,4);/q;;+2/p-1. The van der Waals surface area contributed by atoms with Gasteiger partial charge in [-0.1, -0.05) is 0 Å². The van der Waals surface area contributed by atoms with Crippen LogP contribution < -0.4 is 5.11 Å². The van der Waals surface area contributed by atoms with Gasteiger partial charge in [0.05, 0.1) is 0 Å². The molecule has 0 aromatic heterocycles. The van der Waals surface area contributed by atoms with Crippen molar-refractivity contribution in [3.8, 4) is 11.5 Å². The predicted molar refractivity (Wildman–Crippen MR) is 190 cm³/mol. The zero-order valence-corrected chi connectivity index (χ0v) is 30.9. The molecule has 4 aromatic carbocycles. The topological polar surface area (TPSA) is 86.6 Å². The molecule has 2 fully saturated rings. The van der Waals surface area contributed by atoms with E-state index in [4.69, 9.17) is 9.90 Å². The number of carboxylic acids is 1. The first-order valence-electron chi connectivity index (χ1n) is 17.1. The number of fused-ring (bicyclic) bond motifs is 1. The minimum absolute atomic E-state index is 0.339. The first-order chi connectivity index (χ1) is 23.2. The van der Waals surface area contributed by atoms with E-state index < -0.39 is 5.97 Å². The molecule has 0 radical (unpaired) electrons. The van der Waals surface area contributed by atoms with Crippen molar-refractivity contribution in [1.29, 1.82) is 0 Å². The second-order valence-electron chi connectivity index (χ2n) is 14.4. The summed E-state index contributed by atoms with van der Waals surface area (Å²) in [5.41, 5.74) is 7.61. The maximum absolute atomic E-state index is 11.7. The van der Waals surface area contributed by atoms with Gasteiger partial charge in [0.25, 0.3) is 0 Å². The van der Waals surface area contributed by atoms with Crippen molar-refractivity contribution in [2.45, 2.75) is 97.1 Å². The van der Waals surface area contributed by atoms with E-state index in [1.807, 2.05) is 12.1 Å². The number of nitrogens with zero attached hydrogens (tertiary/aromatic N) is 2. The molecule has 2 atom stereocenters. The van der Waals surface area contributed by atoms with Crippen LogP contribution in [0.4, 0.5) is 0 Å². The Kier molecular flexibility index (Phi) is 10.9. The van der Waals surface area contributed by atoms with Crippen LogP contribution in [0, 0.1) is 13.8 Å². The third kappa shape index (κ3) is 7.84. The minimum atomic E-state index is -1.08. The number of hydrogen-bond donors (Lipinski definition) is 2. The quantitative estimate of drug-likeness (QED) is 0.214. The van der Waals surface area contributed by atoms with Crippen molar-refractivity contribution in [1.82, 2.24) is 0 Å². The first-order valence-corrected chi connectivity index (χ1v) is 18.1. The maximum atomic E-state index is 11.7. The first kappa shape index (κ1) is 36.1. The van der Waals surface area contributed by atoms with Crippen LogP contribution >= 0.6 is 0 Å². The van der Waals surface area contributed by atoms with Gasteiger partial charge in [-0.15, -0.1) is 0 Å². The van der Waals surface area contributed by atoms with Crippen LogP contribution in [0.1, 0.15) is 105 Å². The van der Waals surface area contributed by atoms with Gasteiger partial charge in [-0.2, -0.15) is 0 Å². The van der Waals surface area contributed by atoms with E-state index in [0.717, 1.165) is 53.1 Å². The van der Waals surface area contributed by atoms with Gasteiger partial charge in [-0.3, -0.25) is 0 Å². The van der Waals surface area contributed by atoms with Crippen LogP contribution in [0.5, 0.6) is 11.5 Å². The van der Waals surface area contributed by atoms with Gasteiger partial charge >= 0.3 is 276 Å². The van der Waals surface area contributed by atoms with E-state index in [0.29, 0.717) is 39.0 Å². The van der Waals surface area contributed by atoms with Gasteiger partial charge in [-0.25, -0.2) is 0 Å². The number of phenols is 2. The SMILES string of the molecule is CC(=O)[O-].Cc1cc(C=[N+]2[Mn][N+](=Cc3cc(C)cc(C(C)(C)c4ccccc4)c3O)C3CCCCC32)c(O)c(C(C)(C)c2ccccc2)c1. The molecule has 0 spiro atoms. The Morgan fingerprint density at radius 2 is 1.06 bits per heavy atom.